The Hall–Kier alpha value is -4.00. The summed E-state index contributed by atoms with van der Waals surface area (Å²) in [5.74, 6) is -1.24. The van der Waals surface area contributed by atoms with Gasteiger partial charge >= 0.3 is 5.63 Å². The molecule has 138 valence electrons. The van der Waals surface area contributed by atoms with Gasteiger partial charge in [-0.1, -0.05) is 30.3 Å². The van der Waals surface area contributed by atoms with Crippen LogP contribution in [-0.2, 0) is 0 Å². The third kappa shape index (κ3) is 3.21. The van der Waals surface area contributed by atoms with E-state index in [0.717, 1.165) is 22.9 Å². The monoisotopic (exact) mass is 375 g/mol. The molecule has 7 heteroatoms. The van der Waals surface area contributed by atoms with Crippen LogP contribution in [0.1, 0.15) is 15.9 Å². The van der Waals surface area contributed by atoms with E-state index >= 15 is 0 Å². The van der Waals surface area contributed by atoms with Gasteiger partial charge in [0.05, 0.1) is 0 Å². The lowest BCUT2D eigenvalue weighted by molar-refractivity contribution is 0.0954. The normalized spacial score (nSPS) is 11.7. The minimum absolute atomic E-state index is 0.0308. The molecule has 1 heterocycles. The zero-order valence-electron chi connectivity index (χ0n) is 14.5. The molecule has 4 rings (SSSR count). The molecule has 0 saturated carbocycles. The van der Waals surface area contributed by atoms with Crippen LogP contribution < -0.4 is 16.8 Å². The predicted octanol–water partition coefficient (Wildman–Crippen LogP) is 3.14. The summed E-state index contributed by atoms with van der Waals surface area (Å²) in [5.41, 5.74) is 8.14. The van der Waals surface area contributed by atoms with E-state index in [0.29, 0.717) is 11.0 Å². The topological polar surface area (TPSA) is 97.7 Å². The van der Waals surface area contributed by atoms with Crippen molar-refractivity contribution in [3.8, 4) is 0 Å². The van der Waals surface area contributed by atoms with E-state index in [1.807, 2.05) is 30.3 Å². The van der Waals surface area contributed by atoms with Gasteiger partial charge < -0.3 is 10.2 Å². The van der Waals surface area contributed by atoms with Crippen molar-refractivity contribution in [2.45, 2.75) is 0 Å². The first kappa shape index (κ1) is 17.4. The molecule has 6 nitrogen and oxygen atoms in total. The number of amidine groups is 1. The second-order valence-electron chi connectivity index (χ2n) is 6.09. The van der Waals surface area contributed by atoms with Crippen LogP contribution >= 0.6 is 0 Å². The van der Waals surface area contributed by atoms with Crippen LogP contribution in [0.2, 0.25) is 0 Å². The predicted molar refractivity (Wildman–Crippen MR) is 105 cm³/mol. The van der Waals surface area contributed by atoms with Gasteiger partial charge in [0.25, 0.3) is 5.91 Å². The lowest BCUT2D eigenvalue weighted by Crippen LogP contribution is -2.27. The number of carbonyl (C=O) groups is 1. The van der Waals surface area contributed by atoms with Gasteiger partial charge in [0.15, 0.2) is 5.84 Å². The van der Waals surface area contributed by atoms with Crippen molar-refractivity contribution >= 4 is 33.5 Å². The Labute approximate surface area is 158 Å². The second kappa shape index (κ2) is 6.96. The summed E-state index contributed by atoms with van der Waals surface area (Å²) in [6, 6.07) is 17.8. The number of nitrogens with zero attached hydrogens (tertiary/aromatic N) is 1. The smallest absolute Gasteiger partial charge is 0.347 e. The number of fused-ring (bicyclic) bond motifs is 3. The minimum atomic E-state index is -0.667. The Morgan fingerprint density at radius 3 is 2.54 bits per heavy atom. The van der Waals surface area contributed by atoms with E-state index in [4.69, 9.17) is 10.2 Å². The van der Waals surface area contributed by atoms with E-state index in [1.54, 1.807) is 12.1 Å². The number of halogens is 1. The van der Waals surface area contributed by atoms with E-state index < -0.39 is 17.3 Å². The summed E-state index contributed by atoms with van der Waals surface area (Å²) in [6.45, 7) is 0. The molecule has 0 spiro atoms. The van der Waals surface area contributed by atoms with Gasteiger partial charge in [-0.05, 0) is 47.2 Å². The average molecular weight is 375 g/mol. The minimum Gasteiger partial charge on any atom is -0.422 e. The molecule has 0 aliphatic carbocycles. The molecule has 0 radical (unpaired) electrons. The number of hydrogen-bond acceptors (Lipinski definition) is 4. The number of hydrogen-bond donors (Lipinski definition) is 2. The Morgan fingerprint density at radius 1 is 1.00 bits per heavy atom. The molecule has 1 amide bonds. The summed E-state index contributed by atoms with van der Waals surface area (Å²) in [6.07, 6.45) is 0. The molecule has 4 aromatic rings. The highest BCUT2D eigenvalue weighted by Crippen LogP contribution is 2.24. The van der Waals surface area contributed by atoms with E-state index in [9.17, 15) is 14.0 Å². The zero-order chi connectivity index (χ0) is 19.7. The molecule has 0 unspecified atom stereocenters. The molecule has 0 fully saturated rings. The van der Waals surface area contributed by atoms with Crippen LogP contribution in [0, 0.1) is 5.82 Å². The summed E-state index contributed by atoms with van der Waals surface area (Å²) in [7, 11) is 0. The standard InChI is InChI=1S/C21H14FN3O3/c22-14-8-5-13(6-9-14)20(26)25-24-19(23)17-11-16-15-4-2-1-3-12(15)7-10-18(16)28-21(17)27/h1-11H,(H2,23,24)(H,25,26). The molecular formula is C21H14FN3O3. The van der Waals surface area contributed by atoms with Gasteiger partial charge in [0, 0.05) is 10.9 Å². The molecule has 0 saturated heterocycles. The van der Waals surface area contributed by atoms with Crippen molar-refractivity contribution in [1.82, 2.24) is 5.43 Å². The maximum atomic E-state index is 12.9. The summed E-state index contributed by atoms with van der Waals surface area (Å²) < 4.78 is 18.3. The third-order valence-electron chi connectivity index (χ3n) is 4.30. The van der Waals surface area contributed by atoms with Crippen molar-refractivity contribution in [2.24, 2.45) is 10.8 Å². The quantitative estimate of drug-likeness (QED) is 0.189. The summed E-state index contributed by atoms with van der Waals surface area (Å²) >= 11 is 0. The van der Waals surface area contributed by atoms with Gasteiger partial charge in [-0.15, -0.1) is 0 Å². The number of nitrogens with one attached hydrogen (secondary N) is 1. The molecule has 0 aliphatic rings. The highest BCUT2D eigenvalue weighted by Gasteiger charge is 2.12. The highest BCUT2D eigenvalue weighted by atomic mass is 19.1. The molecule has 28 heavy (non-hydrogen) atoms. The molecule has 0 aliphatic heterocycles. The largest absolute Gasteiger partial charge is 0.422 e. The number of hydrazone groups is 1. The SMILES string of the molecule is N/C(=N/NC(=O)c1ccc(F)cc1)c1cc2c(ccc3ccccc32)oc1=O. The van der Waals surface area contributed by atoms with Crippen molar-refractivity contribution < 1.29 is 13.6 Å². The van der Waals surface area contributed by atoms with Crippen molar-refractivity contribution in [3.05, 3.63) is 94.1 Å². The summed E-state index contributed by atoms with van der Waals surface area (Å²) in [5, 5.41) is 6.36. The third-order valence-corrected chi connectivity index (χ3v) is 4.30. The van der Waals surface area contributed by atoms with Gasteiger partial charge in [0.2, 0.25) is 0 Å². The van der Waals surface area contributed by atoms with Crippen LogP contribution in [0.5, 0.6) is 0 Å². The van der Waals surface area contributed by atoms with Gasteiger partial charge in [0.1, 0.15) is 17.0 Å². The second-order valence-corrected chi connectivity index (χ2v) is 6.09. The molecular weight excluding hydrogens is 361 g/mol. The van der Waals surface area contributed by atoms with Crippen LogP contribution in [0.15, 0.2) is 81.0 Å². The molecule has 3 N–H and O–H groups in total. The molecule has 0 bridgehead atoms. The fourth-order valence-electron chi connectivity index (χ4n) is 2.89. The van der Waals surface area contributed by atoms with Crippen LogP contribution in [0.4, 0.5) is 4.39 Å². The number of rotatable bonds is 3. The van der Waals surface area contributed by atoms with Crippen molar-refractivity contribution in [2.75, 3.05) is 0 Å². The fourth-order valence-corrected chi connectivity index (χ4v) is 2.89. The first-order valence-corrected chi connectivity index (χ1v) is 8.38. The first-order chi connectivity index (χ1) is 13.5. The summed E-state index contributed by atoms with van der Waals surface area (Å²) in [4.78, 5) is 24.3. The zero-order valence-corrected chi connectivity index (χ0v) is 14.5. The molecule has 0 atom stereocenters. The van der Waals surface area contributed by atoms with Crippen molar-refractivity contribution in [1.29, 1.82) is 0 Å². The lowest BCUT2D eigenvalue weighted by atomic mass is 10.0. The molecule has 3 aromatic carbocycles. The first-order valence-electron chi connectivity index (χ1n) is 8.38. The van der Waals surface area contributed by atoms with E-state index in [-0.39, 0.29) is 17.0 Å². The maximum absolute atomic E-state index is 12.9. The van der Waals surface area contributed by atoms with Crippen LogP contribution in [0.3, 0.4) is 0 Å². The number of carbonyl (C=O) groups excluding carboxylic acids is 1. The maximum Gasteiger partial charge on any atom is 0.347 e. The number of benzene rings is 3. The average Bonchev–Trinajstić information content (AvgIpc) is 2.71. The van der Waals surface area contributed by atoms with Crippen LogP contribution in [-0.4, -0.2) is 11.7 Å². The Morgan fingerprint density at radius 2 is 1.75 bits per heavy atom. The Kier molecular flexibility index (Phi) is 4.33. The van der Waals surface area contributed by atoms with Gasteiger partial charge in [-0.2, -0.15) is 5.10 Å². The Balaban J connectivity index is 1.71. The van der Waals surface area contributed by atoms with Crippen LogP contribution in [0.25, 0.3) is 21.7 Å². The van der Waals surface area contributed by atoms with Gasteiger partial charge in [-0.25, -0.2) is 14.6 Å². The number of nitrogens with two attached hydrogens (primary N) is 1. The van der Waals surface area contributed by atoms with Gasteiger partial charge in [-0.3, -0.25) is 4.79 Å². The lowest BCUT2D eigenvalue weighted by Gasteiger charge is -2.06. The fraction of sp³-hybridized carbons (Fsp3) is 0. The van der Waals surface area contributed by atoms with E-state index in [2.05, 4.69) is 10.5 Å². The number of amides is 1. The highest BCUT2D eigenvalue weighted by molar-refractivity contribution is 6.08. The Bertz CT molecular complexity index is 1290. The van der Waals surface area contributed by atoms with E-state index in [1.165, 1.54) is 12.1 Å². The van der Waals surface area contributed by atoms with Crippen molar-refractivity contribution in [3.63, 3.8) is 0 Å². The molecule has 1 aromatic heterocycles.